The molecule has 84 valence electrons. The van der Waals surface area contributed by atoms with Gasteiger partial charge in [-0.3, -0.25) is 4.79 Å². The van der Waals surface area contributed by atoms with E-state index in [9.17, 15) is 4.79 Å². The Kier molecular flexibility index (Phi) is 5.20. The van der Waals surface area contributed by atoms with E-state index < -0.39 is 0 Å². The van der Waals surface area contributed by atoms with Crippen LogP contribution in [0.25, 0.3) is 0 Å². The molecular weight excluding hydrogens is 212 g/mol. The van der Waals surface area contributed by atoms with E-state index in [1.807, 2.05) is 10.8 Å². The third-order valence-electron chi connectivity index (χ3n) is 1.84. The zero-order valence-corrected chi connectivity index (χ0v) is 9.59. The maximum absolute atomic E-state index is 11.5. The predicted octanol–water partition coefficient (Wildman–Crippen LogP) is -0.0654. The minimum atomic E-state index is -0.125. The van der Waals surface area contributed by atoms with Crippen LogP contribution in [0.15, 0.2) is 12.5 Å². The molecule has 3 N–H and O–H groups in total. The minimum absolute atomic E-state index is 0.125. The van der Waals surface area contributed by atoms with Crippen LogP contribution in [0, 0.1) is 0 Å². The molecule has 1 heterocycles. The Hall–Kier alpha value is -1.01. The van der Waals surface area contributed by atoms with Crippen LogP contribution in [0.2, 0.25) is 0 Å². The lowest BCUT2D eigenvalue weighted by Gasteiger charge is -2.00. The quantitative estimate of drug-likeness (QED) is 0.669. The molecule has 0 radical (unpaired) electrons. The van der Waals surface area contributed by atoms with E-state index in [0.717, 1.165) is 5.75 Å². The Bertz CT molecular complexity index is 313. The van der Waals surface area contributed by atoms with Gasteiger partial charge in [0, 0.05) is 31.6 Å². The zero-order chi connectivity index (χ0) is 11.1. The highest BCUT2D eigenvalue weighted by molar-refractivity contribution is 7.98. The lowest BCUT2D eigenvalue weighted by atomic mass is 10.4. The van der Waals surface area contributed by atoms with Crippen molar-refractivity contribution in [2.24, 2.45) is 5.73 Å². The molecule has 0 atom stereocenters. The average Bonchev–Trinajstić information content (AvgIpc) is 2.67. The monoisotopic (exact) mass is 228 g/mol. The molecule has 0 saturated heterocycles. The van der Waals surface area contributed by atoms with Crippen molar-refractivity contribution in [3.8, 4) is 0 Å². The maximum atomic E-state index is 11.5. The van der Waals surface area contributed by atoms with Gasteiger partial charge in [0.2, 0.25) is 0 Å². The summed E-state index contributed by atoms with van der Waals surface area (Å²) in [6, 6.07) is 0. The molecule has 15 heavy (non-hydrogen) atoms. The standard InChI is InChI=1S/C9H16N4OS/c1-15-5-3-11-9(14)8-6-13(4-2-10)7-12-8/h6-7H,2-5,10H2,1H3,(H,11,14). The van der Waals surface area contributed by atoms with Crippen molar-refractivity contribution in [3.63, 3.8) is 0 Å². The van der Waals surface area contributed by atoms with Crippen molar-refractivity contribution in [2.45, 2.75) is 6.54 Å². The maximum Gasteiger partial charge on any atom is 0.271 e. The van der Waals surface area contributed by atoms with Crippen LogP contribution < -0.4 is 11.1 Å². The molecular formula is C9H16N4OS. The van der Waals surface area contributed by atoms with Gasteiger partial charge in [-0.25, -0.2) is 4.98 Å². The van der Waals surface area contributed by atoms with Crippen LogP contribution in [0.1, 0.15) is 10.5 Å². The first kappa shape index (κ1) is 12.1. The summed E-state index contributed by atoms with van der Waals surface area (Å²) in [4.78, 5) is 15.5. The molecule has 0 aromatic carbocycles. The molecule has 0 spiro atoms. The lowest BCUT2D eigenvalue weighted by molar-refractivity contribution is 0.0951. The van der Waals surface area contributed by atoms with E-state index in [4.69, 9.17) is 5.73 Å². The highest BCUT2D eigenvalue weighted by Crippen LogP contribution is 1.96. The molecule has 1 rings (SSSR count). The molecule has 1 aromatic heterocycles. The van der Waals surface area contributed by atoms with E-state index in [0.29, 0.717) is 25.3 Å². The number of imidazole rings is 1. The second-order valence-electron chi connectivity index (χ2n) is 3.03. The van der Waals surface area contributed by atoms with Gasteiger partial charge in [-0.15, -0.1) is 0 Å². The molecule has 0 unspecified atom stereocenters. The minimum Gasteiger partial charge on any atom is -0.350 e. The first-order valence-electron chi connectivity index (χ1n) is 4.77. The number of carbonyl (C=O) groups is 1. The molecule has 6 heteroatoms. The summed E-state index contributed by atoms with van der Waals surface area (Å²) in [5.41, 5.74) is 5.84. The second kappa shape index (κ2) is 6.47. The molecule has 1 amide bonds. The normalized spacial score (nSPS) is 10.3. The molecule has 1 aromatic rings. The predicted molar refractivity (Wildman–Crippen MR) is 62.0 cm³/mol. The number of hydrogen-bond donors (Lipinski definition) is 2. The summed E-state index contributed by atoms with van der Waals surface area (Å²) in [7, 11) is 0. The van der Waals surface area contributed by atoms with Crippen LogP contribution in [-0.2, 0) is 6.54 Å². The Balaban J connectivity index is 2.43. The van der Waals surface area contributed by atoms with Crippen molar-refractivity contribution in [3.05, 3.63) is 18.2 Å². The largest absolute Gasteiger partial charge is 0.350 e. The molecule has 0 fully saturated rings. The van der Waals surface area contributed by atoms with E-state index in [-0.39, 0.29) is 5.91 Å². The smallest absolute Gasteiger partial charge is 0.271 e. The summed E-state index contributed by atoms with van der Waals surface area (Å²) in [6.07, 6.45) is 5.33. The van der Waals surface area contributed by atoms with E-state index >= 15 is 0 Å². The van der Waals surface area contributed by atoms with Gasteiger partial charge in [0.1, 0.15) is 5.69 Å². The molecule has 0 aliphatic rings. The van der Waals surface area contributed by atoms with Crippen molar-refractivity contribution in [2.75, 3.05) is 25.1 Å². The second-order valence-corrected chi connectivity index (χ2v) is 4.02. The van der Waals surface area contributed by atoms with Crippen LogP contribution >= 0.6 is 11.8 Å². The fourth-order valence-corrected chi connectivity index (χ4v) is 1.41. The highest BCUT2D eigenvalue weighted by atomic mass is 32.2. The fraction of sp³-hybridized carbons (Fsp3) is 0.556. The number of nitrogens with zero attached hydrogens (tertiary/aromatic N) is 2. The first-order valence-corrected chi connectivity index (χ1v) is 6.16. The van der Waals surface area contributed by atoms with E-state index in [1.54, 1.807) is 24.3 Å². The van der Waals surface area contributed by atoms with Gasteiger partial charge >= 0.3 is 0 Å². The van der Waals surface area contributed by atoms with Crippen molar-refractivity contribution >= 4 is 17.7 Å². The van der Waals surface area contributed by atoms with Gasteiger partial charge in [-0.1, -0.05) is 0 Å². The van der Waals surface area contributed by atoms with Gasteiger partial charge in [0.15, 0.2) is 0 Å². The number of aromatic nitrogens is 2. The van der Waals surface area contributed by atoms with Crippen LogP contribution in [-0.4, -0.2) is 40.6 Å². The summed E-state index contributed by atoms with van der Waals surface area (Å²) in [5.74, 6) is 0.787. The Morgan fingerprint density at radius 1 is 1.73 bits per heavy atom. The van der Waals surface area contributed by atoms with Gasteiger partial charge in [-0.05, 0) is 6.26 Å². The first-order chi connectivity index (χ1) is 7.27. The van der Waals surface area contributed by atoms with Crippen LogP contribution in [0.5, 0.6) is 0 Å². The van der Waals surface area contributed by atoms with E-state index in [1.165, 1.54) is 0 Å². The molecule has 0 saturated carbocycles. The number of rotatable bonds is 6. The number of hydrogen-bond acceptors (Lipinski definition) is 4. The summed E-state index contributed by atoms with van der Waals surface area (Å²) in [5, 5.41) is 2.79. The molecule has 0 aliphatic carbocycles. The number of amides is 1. The van der Waals surface area contributed by atoms with Crippen molar-refractivity contribution in [1.82, 2.24) is 14.9 Å². The average molecular weight is 228 g/mol. The van der Waals surface area contributed by atoms with Gasteiger partial charge in [0.25, 0.3) is 5.91 Å². The summed E-state index contributed by atoms with van der Waals surface area (Å²) in [6.45, 7) is 1.90. The summed E-state index contributed by atoms with van der Waals surface area (Å²) < 4.78 is 1.81. The Morgan fingerprint density at radius 2 is 2.53 bits per heavy atom. The molecule has 0 aliphatic heterocycles. The number of carbonyl (C=O) groups excluding carboxylic acids is 1. The van der Waals surface area contributed by atoms with Gasteiger partial charge < -0.3 is 15.6 Å². The lowest BCUT2D eigenvalue weighted by Crippen LogP contribution is -2.26. The third-order valence-corrected chi connectivity index (χ3v) is 2.46. The van der Waals surface area contributed by atoms with E-state index in [2.05, 4.69) is 10.3 Å². The highest BCUT2D eigenvalue weighted by Gasteiger charge is 2.07. The number of nitrogens with two attached hydrogens (primary N) is 1. The number of thioether (sulfide) groups is 1. The van der Waals surface area contributed by atoms with Gasteiger partial charge in [0.05, 0.1) is 6.33 Å². The van der Waals surface area contributed by atoms with Crippen LogP contribution in [0.4, 0.5) is 0 Å². The van der Waals surface area contributed by atoms with Gasteiger partial charge in [-0.2, -0.15) is 11.8 Å². The summed E-state index contributed by atoms with van der Waals surface area (Å²) >= 11 is 1.70. The third kappa shape index (κ3) is 3.93. The molecule has 5 nitrogen and oxygen atoms in total. The van der Waals surface area contributed by atoms with Crippen LogP contribution in [0.3, 0.4) is 0 Å². The van der Waals surface area contributed by atoms with Crippen molar-refractivity contribution < 1.29 is 4.79 Å². The molecule has 0 bridgehead atoms. The Morgan fingerprint density at radius 3 is 3.20 bits per heavy atom. The topological polar surface area (TPSA) is 72.9 Å². The fourth-order valence-electron chi connectivity index (χ4n) is 1.11. The zero-order valence-electron chi connectivity index (χ0n) is 8.77. The van der Waals surface area contributed by atoms with Crippen molar-refractivity contribution in [1.29, 1.82) is 0 Å². The number of nitrogens with one attached hydrogen (secondary N) is 1. The SMILES string of the molecule is CSCCNC(=O)c1cn(CCN)cn1. The Labute approximate surface area is 93.4 Å².